The fourth-order valence-corrected chi connectivity index (χ4v) is 0.732. The monoisotopic (exact) mass is 98.0 g/mol. The summed E-state index contributed by atoms with van der Waals surface area (Å²) in [5, 5.41) is 0. The zero-order valence-corrected chi connectivity index (χ0v) is 3.94. The van der Waals surface area contributed by atoms with Gasteiger partial charge in [-0.3, -0.25) is 0 Å². The standard InChI is InChI=1S/C4H3OP/c5-6-3-1-2-4-6/h3-5H. The van der Waals surface area contributed by atoms with Crippen molar-refractivity contribution in [2.45, 2.75) is 0 Å². The van der Waals surface area contributed by atoms with Crippen LogP contribution < -0.4 is 0 Å². The van der Waals surface area contributed by atoms with E-state index in [2.05, 4.69) is 11.5 Å². The Labute approximate surface area is 37.1 Å². The Morgan fingerprint density at radius 1 is 1.33 bits per heavy atom. The molecule has 0 aromatic rings. The second kappa shape index (κ2) is 1.43. The van der Waals surface area contributed by atoms with Gasteiger partial charge in [-0.25, -0.2) is 0 Å². The first kappa shape index (κ1) is 3.87. The lowest BCUT2D eigenvalue weighted by Gasteiger charge is -1.82. The number of hydrogen-bond donors (Lipinski definition) is 1. The summed E-state index contributed by atoms with van der Waals surface area (Å²) in [4.78, 5) is 8.56. The second-order valence-corrected chi connectivity index (χ2v) is 2.20. The van der Waals surface area contributed by atoms with Gasteiger partial charge in [0.2, 0.25) is 0 Å². The molecule has 2 heteroatoms. The molecule has 0 amide bonds. The van der Waals surface area contributed by atoms with Gasteiger partial charge in [-0.05, 0) is 0 Å². The summed E-state index contributed by atoms with van der Waals surface area (Å²) in [6, 6.07) is 0. The van der Waals surface area contributed by atoms with Crippen LogP contribution in [0.25, 0.3) is 0 Å². The van der Waals surface area contributed by atoms with Gasteiger partial charge in [0.15, 0.2) is 0 Å². The Kier molecular flexibility index (Phi) is 0.919. The Bertz CT molecular complexity index is 122. The Morgan fingerprint density at radius 3 is 2.00 bits per heavy atom. The third-order valence-corrected chi connectivity index (χ3v) is 1.26. The van der Waals surface area contributed by atoms with E-state index in [0.29, 0.717) is 0 Å². The van der Waals surface area contributed by atoms with Gasteiger partial charge in [0.1, 0.15) is 0 Å². The molecule has 0 aliphatic carbocycles. The minimum Gasteiger partial charge on any atom is -0.364 e. The summed E-state index contributed by atoms with van der Waals surface area (Å²) in [6.45, 7) is 0. The quantitative estimate of drug-likeness (QED) is 0.356. The minimum absolute atomic E-state index is 0.937. The van der Waals surface area contributed by atoms with E-state index in [-0.39, 0.29) is 0 Å². The maximum absolute atomic E-state index is 8.56. The molecule has 1 N–H and O–H groups in total. The third kappa shape index (κ3) is 0.597. The van der Waals surface area contributed by atoms with E-state index in [1.165, 1.54) is 0 Å². The molecule has 1 nitrogen and oxygen atoms in total. The van der Waals surface area contributed by atoms with Crippen LogP contribution in [0.1, 0.15) is 0 Å². The molecule has 0 spiro atoms. The molecule has 6 heavy (non-hydrogen) atoms. The van der Waals surface area contributed by atoms with E-state index in [0.717, 1.165) is 0 Å². The van der Waals surface area contributed by atoms with Crippen LogP contribution in [0.2, 0.25) is 0 Å². The lowest BCUT2D eigenvalue weighted by atomic mass is 10.9. The first-order chi connectivity index (χ1) is 2.89. The molecule has 1 aliphatic heterocycles. The average molecular weight is 98.0 g/mol. The summed E-state index contributed by atoms with van der Waals surface area (Å²) >= 11 is 0. The average Bonchev–Trinajstić information content (AvgIpc) is 1.86. The normalized spacial score (nSPS) is 17.5. The van der Waals surface area contributed by atoms with E-state index in [4.69, 9.17) is 4.89 Å². The zero-order valence-electron chi connectivity index (χ0n) is 3.05. The largest absolute Gasteiger partial charge is 0.364 e. The van der Waals surface area contributed by atoms with Crippen LogP contribution in [0, 0.1) is 0 Å². The van der Waals surface area contributed by atoms with E-state index >= 15 is 0 Å². The predicted molar refractivity (Wildman–Crippen MR) is 25.3 cm³/mol. The van der Waals surface area contributed by atoms with Crippen molar-refractivity contribution in [3.8, 4) is 0 Å². The molecule has 1 rings (SSSR count). The van der Waals surface area contributed by atoms with Gasteiger partial charge in [0, 0.05) is 11.6 Å². The molecule has 0 aromatic heterocycles. The molecule has 0 saturated heterocycles. The van der Waals surface area contributed by atoms with Gasteiger partial charge in [-0.2, -0.15) is 0 Å². The van der Waals surface area contributed by atoms with Crippen molar-refractivity contribution in [3.05, 3.63) is 23.1 Å². The van der Waals surface area contributed by atoms with Crippen molar-refractivity contribution in [3.63, 3.8) is 0 Å². The van der Waals surface area contributed by atoms with Gasteiger partial charge in [0.05, 0.1) is 8.15 Å². The highest BCUT2D eigenvalue weighted by Crippen LogP contribution is 2.33. The van der Waals surface area contributed by atoms with Crippen molar-refractivity contribution in [1.29, 1.82) is 0 Å². The highest BCUT2D eigenvalue weighted by molar-refractivity contribution is 7.58. The van der Waals surface area contributed by atoms with E-state index in [1.807, 2.05) is 0 Å². The fraction of sp³-hybridized carbons (Fsp3) is 0. The zero-order chi connectivity index (χ0) is 4.41. The SMILES string of the molecule is OP1C=C=C=C1. The molecular formula is C4H3OP. The molecule has 1 aliphatic rings. The Morgan fingerprint density at radius 2 is 1.83 bits per heavy atom. The molecule has 0 saturated carbocycles. The molecule has 0 aromatic carbocycles. The smallest absolute Gasteiger partial charge is 0.0899 e. The molecule has 0 unspecified atom stereocenters. The van der Waals surface area contributed by atoms with Crippen molar-refractivity contribution in [1.82, 2.24) is 0 Å². The van der Waals surface area contributed by atoms with Gasteiger partial charge in [0.25, 0.3) is 0 Å². The highest BCUT2D eigenvalue weighted by Gasteiger charge is 1.89. The van der Waals surface area contributed by atoms with Crippen LogP contribution >= 0.6 is 8.15 Å². The van der Waals surface area contributed by atoms with Gasteiger partial charge < -0.3 is 4.89 Å². The molecule has 0 bridgehead atoms. The van der Waals surface area contributed by atoms with E-state index in [1.54, 1.807) is 11.6 Å². The van der Waals surface area contributed by atoms with Gasteiger partial charge in [-0.1, -0.05) is 11.5 Å². The third-order valence-electron chi connectivity index (χ3n) is 0.477. The lowest BCUT2D eigenvalue weighted by molar-refractivity contribution is 0.644. The maximum Gasteiger partial charge on any atom is 0.0899 e. The molecule has 0 atom stereocenters. The molecular weight excluding hydrogens is 95.0 g/mol. The van der Waals surface area contributed by atoms with Gasteiger partial charge >= 0.3 is 0 Å². The van der Waals surface area contributed by atoms with Crippen molar-refractivity contribution in [2.24, 2.45) is 0 Å². The summed E-state index contributed by atoms with van der Waals surface area (Å²) in [5.41, 5.74) is 5.24. The fourth-order valence-electron chi connectivity index (χ4n) is 0.244. The van der Waals surface area contributed by atoms with Crippen molar-refractivity contribution >= 4 is 8.15 Å². The Hall–Kier alpha value is -0.310. The van der Waals surface area contributed by atoms with Crippen LogP contribution in [-0.2, 0) is 0 Å². The van der Waals surface area contributed by atoms with Crippen LogP contribution in [0.5, 0.6) is 0 Å². The molecule has 30 valence electrons. The number of hydrogen-bond acceptors (Lipinski definition) is 1. The van der Waals surface area contributed by atoms with E-state index < -0.39 is 8.15 Å². The minimum atomic E-state index is -0.937. The highest BCUT2D eigenvalue weighted by atomic mass is 31.1. The predicted octanol–water partition coefficient (Wildman–Crippen LogP) is 1.17. The summed E-state index contributed by atoms with van der Waals surface area (Å²) < 4.78 is 0. The Balaban J connectivity index is 2.89. The van der Waals surface area contributed by atoms with Crippen LogP contribution in [-0.4, -0.2) is 4.89 Å². The topological polar surface area (TPSA) is 20.2 Å². The maximum atomic E-state index is 8.56. The van der Waals surface area contributed by atoms with Crippen LogP contribution in [0.15, 0.2) is 23.1 Å². The first-order valence-electron chi connectivity index (χ1n) is 1.54. The van der Waals surface area contributed by atoms with Crippen LogP contribution in [0.3, 0.4) is 0 Å². The van der Waals surface area contributed by atoms with E-state index in [9.17, 15) is 0 Å². The van der Waals surface area contributed by atoms with Crippen molar-refractivity contribution < 1.29 is 4.89 Å². The molecule has 1 heterocycles. The molecule has 0 radical (unpaired) electrons. The lowest BCUT2D eigenvalue weighted by Crippen LogP contribution is -1.45. The van der Waals surface area contributed by atoms with Crippen molar-refractivity contribution in [2.75, 3.05) is 0 Å². The number of rotatable bonds is 0. The summed E-state index contributed by atoms with van der Waals surface area (Å²) in [6.07, 6.45) is 0. The van der Waals surface area contributed by atoms with Gasteiger partial charge in [-0.15, -0.1) is 0 Å². The summed E-state index contributed by atoms with van der Waals surface area (Å²) in [5.74, 6) is 3.21. The van der Waals surface area contributed by atoms with Crippen LogP contribution in [0.4, 0.5) is 0 Å². The molecule has 0 fully saturated rings. The first-order valence-corrected chi connectivity index (χ1v) is 2.98. The summed E-state index contributed by atoms with van der Waals surface area (Å²) in [7, 11) is -0.937. The second-order valence-electron chi connectivity index (χ2n) is 0.927.